The molecular formula is C9H16N4S2. The molecule has 0 unspecified atom stereocenters. The molecule has 0 aromatic carbocycles. The molecule has 1 aromatic heterocycles. The van der Waals surface area contributed by atoms with Crippen LogP contribution in [0.15, 0.2) is 12.3 Å². The van der Waals surface area contributed by atoms with Gasteiger partial charge >= 0.3 is 0 Å². The van der Waals surface area contributed by atoms with E-state index >= 15 is 0 Å². The zero-order chi connectivity index (χ0) is 10.9. The number of nitrogens with zero attached hydrogens (tertiary/aromatic N) is 1. The summed E-state index contributed by atoms with van der Waals surface area (Å²) in [6.07, 6.45) is 2.96. The summed E-state index contributed by atoms with van der Waals surface area (Å²) in [5.41, 5.74) is 1.11. The average Bonchev–Trinajstić information content (AvgIpc) is 2.75. The second-order valence-corrected chi connectivity index (χ2v) is 4.49. The lowest BCUT2D eigenvalue weighted by molar-refractivity contribution is 0.834. The van der Waals surface area contributed by atoms with Gasteiger partial charge in [-0.25, -0.2) is 0 Å². The first kappa shape index (κ1) is 12.3. The Labute approximate surface area is 99.6 Å². The number of hydrogen-bond acceptors (Lipinski definition) is 3. The van der Waals surface area contributed by atoms with E-state index in [0.29, 0.717) is 5.11 Å². The zero-order valence-corrected chi connectivity index (χ0v) is 10.4. The molecule has 0 aliphatic rings. The maximum absolute atomic E-state index is 4.96. The van der Waals surface area contributed by atoms with Crippen LogP contribution in [0.5, 0.6) is 0 Å². The van der Waals surface area contributed by atoms with Crippen LogP contribution in [0.25, 0.3) is 0 Å². The van der Waals surface area contributed by atoms with Crippen LogP contribution < -0.4 is 10.6 Å². The molecule has 0 amide bonds. The van der Waals surface area contributed by atoms with E-state index in [2.05, 4.69) is 20.8 Å². The number of H-pyrrole nitrogens is 1. The van der Waals surface area contributed by atoms with Crippen LogP contribution in [0.1, 0.15) is 12.1 Å². The molecule has 0 radical (unpaired) electrons. The van der Waals surface area contributed by atoms with E-state index in [1.165, 1.54) is 0 Å². The highest BCUT2D eigenvalue weighted by molar-refractivity contribution is 7.98. The minimum absolute atomic E-state index is 0.715. The van der Waals surface area contributed by atoms with Crippen molar-refractivity contribution in [2.45, 2.75) is 12.2 Å². The standard InChI is InChI=1S/C9H16N4S2/c1-10-9(14)11-4-2-6-15-7-8-3-5-12-13-8/h3,5H,2,4,6-7H2,1H3,(H,12,13)(H2,10,11,14). The Morgan fingerprint density at radius 3 is 3.20 bits per heavy atom. The summed E-state index contributed by atoms with van der Waals surface area (Å²) in [5, 5.41) is 13.6. The predicted octanol–water partition coefficient (Wildman–Crippen LogP) is 1.13. The van der Waals surface area contributed by atoms with Crippen molar-refractivity contribution in [3.05, 3.63) is 18.0 Å². The molecule has 3 N–H and O–H groups in total. The minimum Gasteiger partial charge on any atom is -0.366 e. The minimum atomic E-state index is 0.715. The Morgan fingerprint density at radius 1 is 1.67 bits per heavy atom. The van der Waals surface area contributed by atoms with Gasteiger partial charge in [-0.15, -0.1) is 0 Å². The van der Waals surface area contributed by atoms with Gasteiger partial charge in [0.25, 0.3) is 0 Å². The molecule has 1 aromatic rings. The fourth-order valence-corrected chi connectivity index (χ4v) is 1.98. The summed E-state index contributed by atoms with van der Waals surface area (Å²) < 4.78 is 0. The lowest BCUT2D eigenvalue weighted by Crippen LogP contribution is -2.33. The van der Waals surface area contributed by atoms with Gasteiger partial charge < -0.3 is 10.6 Å². The highest BCUT2D eigenvalue weighted by Crippen LogP contribution is 2.09. The summed E-state index contributed by atoms with van der Waals surface area (Å²) in [6, 6.07) is 2.00. The number of aromatic amines is 1. The molecule has 0 atom stereocenters. The van der Waals surface area contributed by atoms with Gasteiger partial charge in [0.2, 0.25) is 0 Å². The highest BCUT2D eigenvalue weighted by atomic mass is 32.2. The fraction of sp³-hybridized carbons (Fsp3) is 0.556. The van der Waals surface area contributed by atoms with Crippen molar-refractivity contribution in [3.8, 4) is 0 Å². The largest absolute Gasteiger partial charge is 0.366 e. The number of thiocarbonyl (C=S) groups is 1. The number of rotatable bonds is 6. The first-order valence-electron chi connectivity index (χ1n) is 4.85. The second-order valence-electron chi connectivity index (χ2n) is 2.98. The van der Waals surface area contributed by atoms with Crippen molar-refractivity contribution in [3.63, 3.8) is 0 Å². The molecule has 0 aliphatic carbocycles. The Bertz CT molecular complexity index is 274. The normalized spacial score (nSPS) is 9.93. The molecule has 6 heteroatoms. The molecule has 84 valence electrons. The average molecular weight is 244 g/mol. The summed E-state index contributed by atoms with van der Waals surface area (Å²) in [5.74, 6) is 2.09. The lowest BCUT2D eigenvalue weighted by Gasteiger charge is -2.05. The number of thioether (sulfide) groups is 1. The van der Waals surface area contributed by atoms with Crippen LogP contribution in [0, 0.1) is 0 Å². The van der Waals surface area contributed by atoms with Gasteiger partial charge in [0, 0.05) is 25.5 Å². The van der Waals surface area contributed by atoms with Crippen molar-refractivity contribution < 1.29 is 0 Å². The highest BCUT2D eigenvalue weighted by Gasteiger charge is 1.95. The van der Waals surface area contributed by atoms with E-state index in [9.17, 15) is 0 Å². The summed E-state index contributed by atoms with van der Waals surface area (Å²) in [4.78, 5) is 0. The lowest BCUT2D eigenvalue weighted by atomic mass is 10.5. The summed E-state index contributed by atoms with van der Waals surface area (Å²) in [7, 11) is 1.82. The Balaban J connectivity index is 1.91. The maximum atomic E-state index is 4.96. The van der Waals surface area contributed by atoms with Crippen molar-refractivity contribution in [1.82, 2.24) is 20.8 Å². The third-order valence-corrected chi connectivity index (χ3v) is 3.21. The summed E-state index contributed by atoms with van der Waals surface area (Å²) in [6.45, 7) is 0.924. The van der Waals surface area contributed by atoms with Crippen LogP contribution >= 0.6 is 24.0 Å². The Kier molecular flexibility index (Phi) is 6.18. The van der Waals surface area contributed by atoms with E-state index in [0.717, 1.165) is 30.2 Å². The Morgan fingerprint density at radius 2 is 2.53 bits per heavy atom. The number of hydrogen-bond donors (Lipinski definition) is 3. The van der Waals surface area contributed by atoms with Crippen LogP contribution in [0.2, 0.25) is 0 Å². The van der Waals surface area contributed by atoms with Gasteiger partial charge in [0.1, 0.15) is 0 Å². The van der Waals surface area contributed by atoms with Crippen molar-refractivity contribution in [1.29, 1.82) is 0 Å². The molecule has 0 aliphatic heterocycles. The zero-order valence-electron chi connectivity index (χ0n) is 8.75. The third kappa shape index (κ3) is 5.64. The Hall–Kier alpha value is -0.750. The van der Waals surface area contributed by atoms with Crippen LogP contribution in [0.4, 0.5) is 0 Å². The quantitative estimate of drug-likeness (QED) is 0.517. The van der Waals surface area contributed by atoms with Gasteiger partial charge in [-0.05, 0) is 30.5 Å². The predicted molar refractivity (Wildman–Crippen MR) is 69.0 cm³/mol. The van der Waals surface area contributed by atoms with Crippen molar-refractivity contribution in [2.24, 2.45) is 0 Å². The number of nitrogens with one attached hydrogen (secondary N) is 3. The van der Waals surface area contributed by atoms with E-state index in [4.69, 9.17) is 12.2 Å². The van der Waals surface area contributed by atoms with Crippen LogP contribution in [-0.2, 0) is 5.75 Å². The van der Waals surface area contributed by atoms with Gasteiger partial charge in [0.05, 0.1) is 5.69 Å². The molecule has 4 nitrogen and oxygen atoms in total. The van der Waals surface area contributed by atoms with E-state index in [1.807, 2.05) is 31.1 Å². The van der Waals surface area contributed by atoms with E-state index in [1.54, 1.807) is 0 Å². The van der Waals surface area contributed by atoms with E-state index in [-0.39, 0.29) is 0 Å². The molecule has 0 bridgehead atoms. The van der Waals surface area contributed by atoms with E-state index < -0.39 is 0 Å². The van der Waals surface area contributed by atoms with Crippen LogP contribution in [-0.4, -0.2) is 34.7 Å². The van der Waals surface area contributed by atoms with Gasteiger partial charge in [-0.1, -0.05) is 0 Å². The molecule has 0 saturated carbocycles. The molecule has 0 saturated heterocycles. The first-order valence-corrected chi connectivity index (χ1v) is 6.41. The fourth-order valence-electron chi connectivity index (χ4n) is 1.01. The maximum Gasteiger partial charge on any atom is 0.166 e. The van der Waals surface area contributed by atoms with Gasteiger partial charge in [0.15, 0.2) is 5.11 Å². The monoisotopic (exact) mass is 244 g/mol. The second kappa shape index (κ2) is 7.53. The van der Waals surface area contributed by atoms with Crippen molar-refractivity contribution >= 4 is 29.1 Å². The third-order valence-electron chi connectivity index (χ3n) is 1.79. The molecule has 0 spiro atoms. The molecular weight excluding hydrogens is 228 g/mol. The summed E-state index contributed by atoms with van der Waals surface area (Å²) >= 11 is 6.84. The topological polar surface area (TPSA) is 52.7 Å². The van der Waals surface area contributed by atoms with Crippen LogP contribution in [0.3, 0.4) is 0 Å². The first-order chi connectivity index (χ1) is 7.33. The number of aromatic nitrogens is 2. The van der Waals surface area contributed by atoms with Gasteiger partial charge in [-0.3, -0.25) is 5.10 Å². The molecule has 0 fully saturated rings. The molecule has 15 heavy (non-hydrogen) atoms. The van der Waals surface area contributed by atoms with Gasteiger partial charge in [-0.2, -0.15) is 16.9 Å². The molecule has 1 heterocycles. The SMILES string of the molecule is CNC(=S)NCCCSCc1cc[nH]n1. The van der Waals surface area contributed by atoms with Crippen molar-refractivity contribution in [2.75, 3.05) is 19.3 Å². The molecule has 1 rings (SSSR count). The smallest absolute Gasteiger partial charge is 0.166 e.